The number of nitrogens with one attached hydrogen (secondary N) is 2. The molecule has 0 saturated heterocycles. The number of allylic oxidation sites excluding steroid dienone is 3. The monoisotopic (exact) mass is 458 g/mol. The fraction of sp³-hybridized carbons (Fsp3) is 0.619. The predicted octanol–water partition coefficient (Wildman–Crippen LogP) is 4.20. The van der Waals surface area contributed by atoms with Crippen LogP contribution in [-0.4, -0.2) is 30.7 Å². The van der Waals surface area contributed by atoms with E-state index in [0.29, 0.717) is 22.9 Å². The zero-order valence-corrected chi connectivity index (χ0v) is 19.5. The summed E-state index contributed by atoms with van der Waals surface area (Å²) >= 11 is 1.32. The van der Waals surface area contributed by atoms with Crippen molar-refractivity contribution in [3.05, 3.63) is 34.4 Å². The van der Waals surface area contributed by atoms with E-state index in [2.05, 4.69) is 33.9 Å². The van der Waals surface area contributed by atoms with E-state index in [1.54, 1.807) is 13.8 Å². The van der Waals surface area contributed by atoms with Crippen molar-refractivity contribution in [3.8, 4) is 0 Å². The number of rotatable bonds is 7. The van der Waals surface area contributed by atoms with Crippen molar-refractivity contribution >= 4 is 23.4 Å². The van der Waals surface area contributed by atoms with Gasteiger partial charge < -0.3 is 21.5 Å². The van der Waals surface area contributed by atoms with Crippen LogP contribution in [0.3, 0.4) is 0 Å². The van der Waals surface area contributed by atoms with Gasteiger partial charge in [-0.3, -0.25) is 9.98 Å². The highest BCUT2D eigenvalue weighted by Gasteiger charge is 2.29. The van der Waals surface area contributed by atoms with Crippen LogP contribution in [0.15, 0.2) is 44.4 Å². The molecule has 174 valence electrons. The largest absolute Gasteiger partial charge is 0.407 e. The molecular weight excluding hydrogens is 425 g/mol. The third-order valence-corrected chi connectivity index (χ3v) is 6.04. The Kier molecular flexibility index (Phi) is 8.13. The van der Waals surface area contributed by atoms with Crippen LogP contribution in [0.25, 0.3) is 0 Å². The number of dihydropyridines is 1. The van der Waals surface area contributed by atoms with Crippen molar-refractivity contribution in [2.75, 3.05) is 13.1 Å². The van der Waals surface area contributed by atoms with Crippen LogP contribution in [0.5, 0.6) is 0 Å². The first kappa shape index (κ1) is 25.2. The van der Waals surface area contributed by atoms with E-state index in [9.17, 15) is 13.2 Å². The van der Waals surface area contributed by atoms with Gasteiger partial charge in [-0.2, -0.15) is 13.2 Å². The van der Waals surface area contributed by atoms with Crippen LogP contribution >= 0.6 is 11.9 Å². The number of hydrogen-bond acceptors (Lipinski definition) is 7. The lowest BCUT2D eigenvalue weighted by Gasteiger charge is -2.29. The summed E-state index contributed by atoms with van der Waals surface area (Å²) in [5.74, 6) is 0.215. The minimum absolute atomic E-state index is 0.174. The maximum atomic E-state index is 12.7. The highest BCUT2D eigenvalue weighted by Crippen LogP contribution is 2.31. The molecule has 0 aromatic carbocycles. The SMILES string of the molecule is CC(C)C(=NCC(F)(F)F)C1=C(N)C(C)C=C(NSC(=CN)C2=NCC(C)(C)CC2)N1. The highest BCUT2D eigenvalue weighted by molar-refractivity contribution is 8.02. The molecule has 6 N–H and O–H groups in total. The van der Waals surface area contributed by atoms with Gasteiger partial charge in [-0.15, -0.1) is 0 Å². The Morgan fingerprint density at radius 2 is 2.13 bits per heavy atom. The Labute approximate surface area is 186 Å². The normalized spacial score (nSPS) is 22.8. The third kappa shape index (κ3) is 7.22. The van der Waals surface area contributed by atoms with E-state index in [1.807, 2.05) is 13.0 Å². The second-order valence-electron chi connectivity index (χ2n) is 8.96. The number of nitrogens with two attached hydrogens (primary N) is 2. The number of halogens is 3. The average molecular weight is 459 g/mol. The Balaban J connectivity index is 2.14. The fourth-order valence-electron chi connectivity index (χ4n) is 3.24. The van der Waals surface area contributed by atoms with E-state index in [-0.39, 0.29) is 17.3 Å². The summed E-state index contributed by atoms with van der Waals surface area (Å²) in [5.41, 5.74) is 14.4. The fourth-order valence-corrected chi connectivity index (χ4v) is 3.93. The van der Waals surface area contributed by atoms with Gasteiger partial charge in [0.1, 0.15) is 12.4 Å². The summed E-state index contributed by atoms with van der Waals surface area (Å²) in [7, 11) is 0. The second kappa shape index (κ2) is 10.0. The molecule has 0 fully saturated rings. The molecule has 10 heteroatoms. The Morgan fingerprint density at radius 3 is 2.65 bits per heavy atom. The molecule has 0 aliphatic carbocycles. The summed E-state index contributed by atoms with van der Waals surface area (Å²) in [6.45, 7) is 9.35. The molecule has 0 aromatic heterocycles. The topological polar surface area (TPSA) is 101 Å². The van der Waals surface area contributed by atoms with Crippen molar-refractivity contribution in [2.45, 2.75) is 53.6 Å². The van der Waals surface area contributed by atoms with E-state index < -0.39 is 12.7 Å². The minimum atomic E-state index is -4.38. The van der Waals surface area contributed by atoms with Gasteiger partial charge in [-0.25, -0.2) is 0 Å². The van der Waals surface area contributed by atoms with Crippen LogP contribution in [0.4, 0.5) is 13.2 Å². The van der Waals surface area contributed by atoms with Crippen molar-refractivity contribution in [2.24, 2.45) is 38.7 Å². The van der Waals surface area contributed by atoms with Gasteiger partial charge in [-0.05, 0) is 42.2 Å². The van der Waals surface area contributed by atoms with E-state index in [0.717, 1.165) is 30.0 Å². The number of alkyl halides is 3. The maximum absolute atomic E-state index is 12.7. The molecule has 2 aliphatic rings. The van der Waals surface area contributed by atoms with Crippen molar-refractivity contribution in [1.82, 2.24) is 10.0 Å². The van der Waals surface area contributed by atoms with Crippen LogP contribution in [0.1, 0.15) is 47.5 Å². The summed E-state index contributed by atoms with van der Waals surface area (Å²) < 4.78 is 41.4. The molecule has 0 radical (unpaired) electrons. The van der Waals surface area contributed by atoms with Gasteiger partial charge in [0.15, 0.2) is 0 Å². The van der Waals surface area contributed by atoms with E-state index >= 15 is 0 Å². The Hall–Kier alpha value is -2.10. The highest BCUT2D eigenvalue weighted by atomic mass is 32.2. The quantitative estimate of drug-likeness (QED) is 0.338. The first-order chi connectivity index (χ1) is 14.3. The lowest BCUT2D eigenvalue weighted by atomic mass is 9.84. The average Bonchev–Trinajstić information content (AvgIpc) is 2.65. The van der Waals surface area contributed by atoms with Gasteiger partial charge in [-0.1, -0.05) is 34.6 Å². The first-order valence-corrected chi connectivity index (χ1v) is 11.1. The van der Waals surface area contributed by atoms with Crippen molar-refractivity contribution in [1.29, 1.82) is 0 Å². The second-order valence-corrected chi connectivity index (χ2v) is 9.81. The van der Waals surface area contributed by atoms with Crippen LogP contribution in [-0.2, 0) is 0 Å². The summed E-state index contributed by atoms with van der Waals surface area (Å²) in [6.07, 6.45) is 0.898. The van der Waals surface area contributed by atoms with Gasteiger partial charge in [0.2, 0.25) is 0 Å². The number of aliphatic imine (C=N–C) groups is 2. The molecule has 2 aliphatic heterocycles. The molecule has 0 spiro atoms. The first-order valence-electron chi connectivity index (χ1n) is 10.3. The van der Waals surface area contributed by atoms with Crippen LogP contribution in [0.2, 0.25) is 0 Å². The molecule has 6 nitrogen and oxygen atoms in total. The number of nitrogens with zero attached hydrogens (tertiary/aromatic N) is 2. The lowest BCUT2D eigenvalue weighted by Crippen LogP contribution is -2.36. The third-order valence-electron chi connectivity index (χ3n) is 5.13. The summed E-state index contributed by atoms with van der Waals surface area (Å²) in [4.78, 5) is 9.31. The van der Waals surface area contributed by atoms with Crippen LogP contribution < -0.4 is 21.5 Å². The standard InChI is InChI=1S/C21H33F3N6S/c1-12(2)18(28-11-21(22,23)24)19-17(26)13(3)8-16(29-19)30-31-15(9-25)14-6-7-20(4,5)10-27-14/h8-9,12-13,29-30H,6-7,10-11,25-26H2,1-5H3. The Bertz CT molecular complexity index is 821. The van der Waals surface area contributed by atoms with E-state index in [1.165, 1.54) is 18.1 Å². The molecule has 0 bridgehead atoms. The zero-order chi connectivity index (χ0) is 23.4. The molecule has 0 amide bonds. The van der Waals surface area contributed by atoms with Gasteiger partial charge in [0, 0.05) is 24.4 Å². The lowest BCUT2D eigenvalue weighted by molar-refractivity contribution is -0.118. The molecule has 31 heavy (non-hydrogen) atoms. The molecule has 2 rings (SSSR count). The molecule has 1 unspecified atom stereocenters. The van der Waals surface area contributed by atoms with Gasteiger partial charge in [0.05, 0.1) is 22.0 Å². The summed E-state index contributed by atoms with van der Waals surface area (Å²) in [6, 6.07) is 0. The maximum Gasteiger partial charge on any atom is 0.407 e. The predicted molar refractivity (Wildman–Crippen MR) is 123 cm³/mol. The van der Waals surface area contributed by atoms with Gasteiger partial charge in [0.25, 0.3) is 0 Å². The van der Waals surface area contributed by atoms with Gasteiger partial charge >= 0.3 is 6.18 Å². The smallest absolute Gasteiger partial charge is 0.404 e. The molecule has 2 heterocycles. The van der Waals surface area contributed by atoms with Crippen molar-refractivity contribution in [3.63, 3.8) is 0 Å². The van der Waals surface area contributed by atoms with Crippen LogP contribution in [0, 0.1) is 17.3 Å². The Morgan fingerprint density at radius 1 is 1.45 bits per heavy atom. The molecule has 0 saturated carbocycles. The molecule has 1 atom stereocenters. The zero-order valence-electron chi connectivity index (χ0n) is 18.7. The summed E-state index contributed by atoms with van der Waals surface area (Å²) in [5, 5.41) is 3.12. The molecular formula is C21H33F3N6S. The van der Waals surface area contributed by atoms with Crippen molar-refractivity contribution < 1.29 is 13.2 Å². The number of hydrogen-bond donors (Lipinski definition) is 4. The minimum Gasteiger partial charge on any atom is -0.404 e. The molecule has 0 aromatic rings. The van der Waals surface area contributed by atoms with E-state index in [4.69, 9.17) is 11.5 Å².